The molecule has 0 aromatic heterocycles. The van der Waals surface area contributed by atoms with E-state index in [-0.39, 0.29) is 0 Å². The predicted octanol–water partition coefficient (Wildman–Crippen LogP) is -0.132. The van der Waals surface area contributed by atoms with Crippen LogP contribution in [0, 0.1) is 11.7 Å². The Morgan fingerprint density at radius 3 is 3.00 bits per heavy atom. The van der Waals surface area contributed by atoms with E-state index in [0.717, 1.165) is 7.81 Å². The van der Waals surface area contributed by atoms with Gasteiger partial charge in [0.2, 0.25) is 0 Å². The van der Waals surface area contributed by atoms with Crippen molar-refractivity contribution in [3.63, 3.8) is 0 Å². The van der Waals surface area contributed by atoms with Gasteiger partial charge < -0.3 is 0 Å². The zero-order valence-electron chi connectivity index (χ0n) is 3.58. The Bertz CT molecular complexity index is 59.0. The molecular weight excluding hydrogens is 46.8 g/mol. The molecule has 0 atom stereocenters. The maximum absolute atomic E-state index is 6.30. The summed E-state index contributed by atoms with van der Waals surface area (Å²) in [5.41, 5.74) is 0. The zero-order valence-corrected chi connectivity index (χ0v) is 2.58. The fraction of sp³-hybridized carbons (Fsp3) is 0.333. The standard InChI is InChI=1S/C3H4B/c1-2-3-4/h4H,1H3/i4D. The van der Waals surface area contributed by atoms with Crippen LogP contribution in [0.5, 0.6) is 0 Å². The van der Waals surface area contributed by atoms with E-state index in [1.54, 1.807) is 6.92 Å². The minimum absolute atomic E-state index is 1.07. The summed E-state index contributed by atoms with van der Waals surface area (Å²) in [6.07, 6.45) is 0. The van der Waals surface area contributed by atoms with Gasteiger partial charge in [-0.1, -0.05) is 0 Å². The van der Waals surface area contributed by atoms with Gasteiger partial charge in [-0.25, -0.2) is 0 Å². The number of rotatable bonds is 0. The Labute approximate surface area is 29.0 Å². The third-order valence-electron chi connectivity index (χ3n) is 0.144. The molecule has 1 radical (unpaired) electrons. The molecule has 0 heterocycles. The van der Waals surface area contributed by atoms with Crippen LogP contribution in [0.25, 0.3) is 0 Å². The number of hydrogen-bond acceptors (Lipinski definition) is 0. The van der Waals surface area contributed by atoms with Crippen molar-refractivity contribution in [1.82, 2.24) is 0 Å². The molecule has 19 valence electrons. The highest BCUT2D eigenvalue weighted by molar-refractivity contribution is 6.22. The molecule has 0 aliphatic heterocycles. The van der Waals surface area contributed by atoms with Crippen LogP contribution in [-0.2, 0) is 0 Å². The summed E-state index contributed by atoms with van der Waals surface area (Å²) in [6.45, 7) is 1.70. The van der Waals surface area contributed by atoms with Gasteiger partial charge >= 0.3 is 0 Å². The molecular formula is C3H4B. The van der Waals surface area contributed by atoms with E-state index in [1.807, 2.05) is 0 Å². The average molecular weight is 51.9 g/mol. The van der Waals surface area contributed by atoms with E-state index in [1.165, 1.54) is 0 Å². The second-order valence-corrected chi connectivity index (χ2v) is 0.394. The van der Waals surface area contributed by atoms with Crippen molar-refractivity contribution in [2.75, 3.05) is 0 Å². The maximum atomic E-state index is 6.30. The molecule has 4 heavy (non-hydrogen) atoms. The van der Waals surface area contributed by atoms with Crippen LogP contribution >= 0.6 is 0 Å². The molecule has 0 aliphatic rings. The van der Waals surface area contributed by atoms with Crippen LogP contribution in [0.3, 0.4) is 0 Å². The lowest BCUT2D eigenvalue weighted by atomic mass is 10.2. The lowest BCUT2D eigenvalue weighted by Crippen LogP contribution is -1.41. The first kappa shape index (κ1) is 1.90. The Kier molecular flexibility index (Phi) is 1.25. The lowest BCUT2D eigenvalue weighted by Gasteiger charge is -1.40. The molecule has 0 aromatic rings. The SMILES string of the molecule is [2H][B]C#CC. The van der Waals surface area contributed by atoms with Crippen molar-refractivity contribution >= 4 is 7.81 Å². The van der Waals surface area contributed by atoms with E-state index in [2.05, 4.69) is 11.7 Å². The third-order valence-corrected chi connectivity index (χ3v) is 0.144. The Hall–Kier alpha value is -0.375. The largest absolute Gasteiger partial charge is 0.194 e. The van der Waals surface area contributed by atoms with E-state index in [9.17, 15) is 0 Å². The summed E-state index contributed by atoms with van der Waals surface area (Å²) in [6, 6.07) is 0. The fourth-order valence-corrected chi connectivity index (χ4v) is 0. The van der Waals surface area contributed by atoms with Crippen LogP contribution in [0.1, 0.15) is 6.92 Å². The first-order valence-electron chi connectivity index (χ1n) is 1.62. The Morgan fingerprint density at radius 1 is 2.25 bits per heavy atom. The first-order valence-corrected chi connectivity index (χ1v) is 1.04. The number of hydrogen-bond donors (Lipinski definition) is 0. The van der Waals surface area contributed by atoms with Crippen molar-refractivity contribution in [2.45, 2.75) is 6.92 Å². The Balaban J connectivity index is 2.81. The van der Waals surface area contributed by atoms with E-state index >= 15 is 0 Å². The maximum Gasteiger partial charge on any atom is 0.194 e. The van der Waals surface area contributed by atoms with Crippen LogP contribution in [0.15, 0.2) is 0 Å². The second kappa shape index (κ2) is 2.62. The minimum Gasteiger partial charge on any atom is -0.169 e. The van der Waals surface area contributed by atoms with Gasteiger partial charge in [0.15, 0.2) is 7.81 Å². The molecule has 0 fully saturated rings. The van der Waals surface area contributed by atoms with Crippen LogP contribution in [0.2, 0.25) is 0 Å². The lowest BCUT2D eigenvalue weighted by molar-refractivity contribution is 1.93. The molecule has 1 heteroatoms. The summed E-state index contributed by atoms with van der Waals surface area (Å²) in [5.74, 6) is 4.93. The molecule has 0 nitrogen and oxygen atoms in total. The van der Waals surface area contributed by atoms with Gasteiger partial charge in [0.25, 0.3) is 0 Å². The van der Waals surface area contributed by atoms with Crippen molar-refractivity contribution in [3.05, 3.63) is 0 Å². The van der Waals surface area contributed by atoms with E-state index in [0.29, 0.717) is 0 Å². The quantitative estimate of drug-likeness (QED) is 0.266. The van der Waals surface area contributed by atoms with Crippen molar-refractivity contribution in [2.24, 2.45) is 0 Å². The van der Waals surface area contributed by atoms with Gasteiger partial charge in [-0.15, -0.1) is 5.92 Å². The Morgan fingerprint density at radius 2 is 3.00 bits per heavy atom. The van der Waals surface area contributed by atoms with Gasteiger partial charge in [0.1, 0.15) is 0 Å². The van der Waals surface area contributed by atoms with Crippen LogP contribution in [-0.4, -0.2) is 9.15 Å². The smallest absolute Gasteiger partial charge is 0.169 e. The summed E-state index contributed by atoms with van der Waals surface area (Å²) in [5, 5.41) is 0. The van der Waals surface area contributed by atoms with Crippen LogP contribution < -0.4 is 0 Å². The summed E-state index contributed by atoms with van der Waals surface area (Å²) in [4.78, 5) is 0. The topological polar surface area (TPSA) is 0 Å². The van der Waals surface area contributed by atoms with Gasteiger partial charge in [0.05, 0.1) is 0 Å². The first-order chi connectivity index (χ1) is 2.41. The van der Waals surface area contributed by atoms with Gasteiger partial charge in [0, 0.05) is 0 Å². The molecule has 0 N–H and O–H groups in total. The van der Waals surface area contributed by atoms with Crippen molar-refractivity contribution in [3.8, 4) is 11.7 Å². The molecule has 0 spiro atoms. The molecule has 0 aromatic carbocycles. The van der Waals surface area contributed by atoms with Crippen molar-refractivity contribution in [1.29, 1.82) is 1.34 Å². The average Bonchev–Trinajstić information content (AvgIpc) is 1.41. The zero-order chi connectivity index (χ0) is 4.12. The molecule has 0 saturated heterocycles. The fourth-order valence-electron chi connectivity index (χ4n) is 0. The molecule has 0 unspecified atom stereocenters. The summed E-state index contributed by atoms with van der Waals surface area (Å²) < 4.78 is 6.30. The minimum atomic E-state index is 1.07. The molecule has 0 aliphatic carbocycles. The highest BCUT2D eigenvalue weighted by Gasteiger charge is 1.28. The van der Waals surface area contributed by atoms with Gasteiger partial charge in [-0.2, -0.15) is 5.82 Å². The van der Waals surface area contributed by atoms with E-state index < -0.39 is 0 Å². The molecule has 0 bridgehead atoms. The highest BCUT2D eigenvalue weighted by atomic mass is 13.2. The normalized spacial score (nSPS) is 5.75. The third kappa shape index (κ3) is 1.62. The van der Waals surface area contributed by atoms with Crippen molar-refractivity contribution < 1.29 is 0 Å². The molecule has 0 rings (SSSR count). The molecule has 0 saturated carbocycles. The predicted molar refractivity (Wildman–Crippen MR) is 20.6 cm³/mol. The highest BCUT2D eigenvalue weighted by Crippen LogP contribution is 1.32. The summed E-state index contributed by atoms with van der Waals surface area (Å²) in [7, 11) is 1.07. The molecule has 0 amide bonds. The van der Waals surface area contributed by atoms with Gasteiger partial charge in [-0.3, -0.25) is 0 Å². The van der Waals surface area contributed by atoms with E-state index in [4.69, 9.17) is 1.34 Å². The monoisotopic (exact) mass is 52.0 g/mol. The van der Waals surface area contributed by atoms with Crippen LogP contribution in [0.4, 0.5) is 0 Å². The van der Waals surface area contributed by atoms with Gasteiger partial charge in [-0.05, 0) is 8.26 Å². The second-order valence-electron chi connectivity index (χ2n) is 0.394. The summed E-state index contributed by atoms with van der Waals surface area (Å²) >= 11 is 0.